The van der Waals surface area contributed by atoms with Crippen LogP contribution < -0.4 is 20.3 Å². The number of ether oxygens (including phenoxy) is 2. The van der Waals surface area contributed by atoms with E-state index in [4.69, 9.17) is 9.47 Å². The summed E-state index contributed by atoms with van der Waals surface area (Å²) in [6.07, 6.45) is 1.03. The van der Waals surface area contributed by atoms with Crippen LogP contribution in [0.1, 0.15) is 17.5 Å². The van der Waals surface area contributed by atoms with Crippen LogP contribution in [0.15, 0.2) is 47.5 Å². The molecule has 0 saturated carbocycles. The predicted octanol–water partition coefficient (Wildman–Crippen LogP) is 3.25. The highest BCUT2D eigenvalue weighted by atomic mass is 127. The molecule has 1 saturated heterocycles. The minimum absolute atomic E-state index is 0. The molecule has 0 aromatic heterocycles. The molecule has 6 nitrogen and oxygen atoms in total. The number of rotatable bonds is 4. The zero-order valence-electron chi connectivity index (χ0n) is 16.4. The maximum absolute atomic E-state index is 13.9. The van der Waals surface area contributed by atoms with Crippen LogP contribution in [0.5, 0.6) is 5.75 Å². The quantitative estimate of drug-likeness (QED) is 0.375. The minimum atomic E-state index is -0.290. The van der Waals surface area contributed by atoms with Crippen molar-refractivity contribution in [1.82, 2.24) is 10.6 Å². The molecule has 1 atom stereocenters. The van der Waals surface area contributed by atoms with Crippen LogP contribution in [0.25, 0.3) is 0 Å². The van der Waals surface area contributed by atoms with E-state index >= 15 is 0 Å². The fourth-order valence-corrected chi connectivity index (χ4v) is 3.71. The predicted molar refractivity (Wildman–Crippen MR) is 122 cm³/mol. The second kappa shape index (κ2) is 10.1. The van der Waals surface area contributed by atoms with E-state index in [2.05, 4.69) is 44.8 Å². The van der Waals surface area contributed by atoms with Crippen molar-refractivity contribution >= 4 is 35.6 Å². The lowest BCUT2D eigenvalue weighted by atomic mass is 10.1. The van der Waals surface area contributed by atoms with Crippen molar-refractivity contribution in [2.75, 3.05) is 31.8 Å². The van der Waals surface area contributed by atoms with Gasteiger partial charge in [-0.1, -0.05) is 18.2 Å². The Bertz CT molecular complexity index is 850. The van der Waals surface area contributed by atoms with Crippen LogP contribution in [0.4, 0.5) is 10.1 Å². The fraction of sp³-hybridized carbons (Fsp3) is 0.381. The lowest BCUT2D eigenvalue weighted by Gasteiger charge is -2.22. The van der Waals surface area contributed by atoms with Gasteiger partial charge in [-0.25, -0.2) is 4.39 Å². The number of hydrogen-bond donors (Lipinski definition) is 2. The van der Waals surface area contributed by atoms with Crippen LogP contribution in [0.3, 0.4) is 0 Å². The molecule has 4 rings (SSSR count). The van der Waals surface area contributed by atoms with Gasteiger partial charge < -0.3 is 25.0 Å². The Morgan fingerprint density at radius 1 is 1.28 bits per heavy atom. The molecule has 156 valence electrons. The number of para-hydroxylation sites is 1. The number of guanidine groups is 1. The van der Waals surface area contributed by atoms with Crippen LogP contribution in [-0.4, -0.2) is 38.9 Å². The molecule has 2 N–H and O–H groups in total. The largest absolute Gasteiger partial charge is 0.467 e. The number of nitrogens with zero attached hydrogens (tertiary/aromatic N) is 2. The van der Waals surface area contributed by atoms with Crippen LogP contribution in [0.2, 0.25) is 0 Å². The van der Waals surface area contributed by atoms with Crippen LogP contribution in [-0.2, 0) is 17.9 Å². The summed E-state index contributed by atoms with van der Waals surface area (Å²) >= 11 is 0. The van der Waals surface area contributed by atoms with E-state index in [1.807, 2.05) is 6.07 Å². The van der Waals surface area contributed by atoms with Gasteiger partial charge in [0.2, 0.25) is 0 Å². The number of hydrogen-bond acceptors (Lipinski definition) is 4. The average Bonchev–Trinajstić information content (AvgIpc) is 3.20. The first-order valence-electron chi connectivity index (χ1n) is 9.52. The lowest BCUT2D eigenvalue weighted by Crippen LogP contribution is -2.44. The van der Waals surface area contributed by atoms with Gasteiger partial charge in [-0.2, -0.15) is 0 Å². The van der Waals surface area contributed by atoms with Crippen LogP contribution in [0, 0.1) is 5.82 Å². The Morgan fingerprint density at radius 3 is 2.90 bits per heavy atom. The molecular formula is C21H26FIN4O2. The van der Waals surface area contributed by atoms with Gasteiger partial charge in [-0.3, -0.25) is 4.99 Å². The van der Waals surface area contributed by atoms with E-state index in [1.54, 1.807) is 7.05 Å². The third-order valence-corrected chi connectivity index (χ3v) is 5.07. The monoisotopic (exact) mass is 512 g/mol. The summed E-state index contributed by atoms with van der Waals surface area (Å²) < 4.78 is 24.7. The van der Waals surface area contributed by atoms with Gasteiger partial charge in [0, 0.05) is 49.5 Å². The van der Waals surface area contributed by atoms with Gasteiger partial charge in [0.25, 0.3) is 0 Å². The van der Waals surface area contributed by atoms with Crippen molar-refractivity contribution in [3.63, 3.8) is 0 Å². The fourth-order valence-electron chi connectivity index (χ4n) is 3.71. The smallest absolute Gasteiger partial charge is 0.191 e. The molecule has 29 heavy (non-hydrogen) atoms. The van der Waals surface area contributed by atoms with Crippen molar-refractivity contribution in [3.8, 4) is 5.75 Å². The molecule has 0 amide bonds. The third kappa shape index (κ3) is 5.30. The summed E-state index contributed by atoms with van der Waals surface area (Å²) in [5.74, 6) is 1.11. The summed E-state index contributed by atoms with van der Waals surface area (Å²) in [5.41, 5.74) is 2.74. The minimum Gasteiger partial charge on any atom is -0.467 e. The standard InChI is InChI=1S/C21H25FN4O2.HI/c1-23-21(25-18-7-8-26(12-18)19-5-3-2-4-6-19)24-11-15-9-17(22)10-16-13-27-14-28-20(15)16;/h2-6,9-10,18H,7-8,11-14H2,1H3,(H2,23,24,25);1H. The molecule has 2 aliphatic rings. The second-order valence-electron chi connectivity index (χ2n) is 7.00. The van der Waals surface area contributed by atoms with E-state index in [0.29, 0.717) is 30.9 Å². The Labute approximate surface area is 187 Å². The Kier molecular flexibility index (Phi) is 7.54. The summed E-state index contributed by atoms with van der Waals surface area (Å²) in [5, 5.41) is 6.75. The van der Waals surface area contributed by atoms with Crippen molar-refractivity contribution in [2.45, 2.75) is 25.6 Å². The van der Waals surface area contributed by atoms with Crippen LogP contribution >= 0.6 is 24.0 Å². The summed E-state index contributed by atoms with van der Waals surface area (Å²) in [4.78, 5) is 6.68. The summed E-state index contributed by atoms with van der Waals surface area (Å²) in [6, 6.07) is 13.7. The Hall–Kier alpha value is -2.07. The van der Waals surface area contributed by atoms with E-state index in [1.165, 1.54) is 17.8 Å². The molecule has 2 aliphatic heterocycles. The molecular weight excluding hydrogens is 486 g/mol. The summed E-state index contributed by atoms with van der Waals surface area (Å²) in [7, 11) is 1.74. The molecule has 8 heteroatoms. The van der Waals surface area contributed by atoms with Gasteiger partial charge in [-0.05, 0) is 30.7 Å². The average molecular weight is 512 g/mol. The zero-order valence-corrected chi connectivity index (χ0v) is 18.7. The molecule has 2 aromatic rings. The zero-order chi connectivity index (χ0) is 19.3. The molecule has 1 fully saturated rings. The molecule has 0 aliphatic carbocycles. The van der Waals surface area contributed by atoms with Crippen molar-refractivity contribution < 1.29 is 13.9 Å². The molecule has 0 radical (unpaired) electrons. The van der Waals surface area contributed by atoms with Gasteiger partial charge in [0.1, 0.15) is 11.6 Å². The van der Waals surface area contributed by atoms with Gasteiger partial charge in [0.15, 0.2) is 12.8 Å². The SMILES string of the molecule is CN=C(NCc1cc(F)cc2c1OCOC2)NC1CCN(c2ccccc2)C1.I. The van der Waals surface area contributed by atoms with Crippen molar-refractivity contribution in [3.05, 3.63) is 59.4 Å². The number of halogens is 2. The number of anilines is 1. The van der Waals surface area contributed by atoms with Gasteiger partial charge >= 0.3 is 0 Å². The second-order valence-corrected chi connectivity index (χ2v) is 7.00. The first-order valence-corrected chi connectivity index (χ1v) is 9.52. The van der Waals surface area contributed by atoms with E-state index in [0.717, 1.165) is 30.6 Å². The van der Waals surface area contributed by atoms with E-state index in [9.17, 15) is 4.39 Å². The third-order valence-electron chi connectivity index (χ3n) is 5.07. The molecule has 2 heterocycles. The maximum Gasteiger partial charge on any atom is 0.191 e. The maximum atomic E-state index is 13.9. The highest BCUT2D eigenvalue weighted by Gasteiger charge is 2.23. The van der Waals surface area contributed by atoms with E-state index in [-0.39, 0.29) is 36.6 Å². The highest BCUT2D eigenvalue weighted by molar-refractivity contribution is 14.0. The molecule has 0 bridgehead atoms. The summed E-state index contributed by atoms with van der Waals surface area (Å²) in [6.45, 7) is 2.90. The number of benzene rings is 2. The van der Waals surface area contributed by atoms with Gasteiger partial charge in [-0.15, -0.1) is 24.0 Å². The van der Waals surface area contributed by atoms with Crippen molar-refractivity contribution in [2.24, 2.45) is 4.99 Å². The highest BCUT2D eigenvalue weighted by Crippen LogP contribution is 2.29. The number of aliphatic imine (C=N–C) groups is 1. The molecule has 2 aromatic carbocycles. The number of fused-ring (bicyclic) bond motifs is 1. The first kappa shape index (κ1) is 21.6. The molecule has 1 unspecified atom stereocenters. The van der Waals surface area contributed by atoms with Crippen molar-refractivity contribution in [1.29, 1.82) is 0 Å². The molecule has 0 spiro atoms. The topological polar surface area (TPSA) is 58.1 Å². The Balaban J connectivity index is 0.00000240. The normalized spacial score (nSPS) is 18.5. The Morgan fingerprint density at radius 2 is 2.10 bits per heavy atom. The first-order chi connectivity index (χ1) is 13.7. The van der Waals surface area contributed by atoms with Gasteiger partial charge in [0.05, 0.1) is 6.61 Å². The lowest BCUT2D eigenvalue weighted by molar-refractivity contribution is -0.0172. The number of nitrogens with one attached hydrogen (secondary N) is 2. The van der Waals surface area contributed by atoms with E-state index < -0.39 is 0 Å².